The number of ether oxygens (including phenoxy) is 1. The number of carbonyl (C=O) groups excluding carboxylic acids is 2. The first-order valence-corrected chi connectivity index (χ1v) is 8.76. The third-order valence-corrected chi connectivity index (χ3v) is 4.66. The molecular weight excluding hydrogens is 375 g/mol. The molecule has 8 heteroatoms. The summed E-state index contributed by atoms with van der Waals surface area (Å²) < 4.78 is 3.41. The Bertz CT molecular complexity index is 669. The van der Waals surface area contributed by atoms with Crippen molar-refractivity contribution in [2.45, 2.75) is 10.2 Å². The fraction of sp³-hybridized carbons (Fsp3) is 0.500. The molecule has 0 saturated carbocycles. The number of amides is 1. The van der Waals surface area contributed by atoms with Gasteiger partial charge in [-0.1, -0.05) is 47.0 Å². The summed E-state index contributed by atoms with van der Waals surface area (Å²) in [5.41, 5.74) is 2.39. The smallest absolute Gasteiger partial charge is 0.339 e. The highest BCUT2D eigenvalue weighted by Crippen LogP contribution is 2.41. The van der Waals surface area contributed by atoms with Crippen LogP contribution in [-0.4, -0.2) is 65.3 Å². The van der Waals surface area contributed by atoms with Crippen molar-refractivity contribution in [1.82, 2.24) is 9.80 Å². The lowest BCUT2D eigenvalue weighted by atomic mass is 10.00. The number of carbonyl (C=O) groups is 2. The number of allylic oxidation sites excluding steroid dienone is 4. The standard InChI is InChI=1S/C16H17Cl3N2O3/c1-20-4-6-21(7-5-20)14(22)12-10-2-3-11(8-10)13(12)15(23)24-9-16(17,18)19/h2-3H,4-9H2,1H3. The third-order valence-electron chi connectivity index (χ3n) is 4.33. The Kier molecular flexibility index (Phi) is 4.98. The van der Waals surface area contributed by atoms with E-state index >= 15 is 0 Å². The number of hydrogen-bond donors (Lipinski definition) is 0. The Labute approximate surface area is 155 Å². The first-order chi connectivity index (χ1) is 11.3. The maximum Gasteiger partial charge on any atom is 0.339 e. The molecule has 1 fully saturated rings. The van der Waals surface area contributed by atoms with Crippen molar-refractivity contribution in [3.8, 4) is 0 Å². The molecule has 1 saturated heterocycles. The number of piperazine rings is 1. The van der Waals surface area contributed by atoms with Gasteiger partial charge in [-0.15, -0.1) is 0 Å². The van der Waals surface area contributed by atoms with Gasteiger partial charge < -0.3 is 14.5 Å². The molecule has 5 nitrogen and oxygen atoms in total. The van der Waals surface area contributed by atoms with Crippen LogP contribution in [0.25, 0.3) is 0 Å². The van der Waals surface area contributed by atoms with Crippen molar-refractivity contribution in [3.63, 3.8) is 0 Å². The van der Waals surface area contributed by atoms with E-state index in [1.807, 2.05) is 19.2 Å². The minimum atomic E-state index is -1.68. The molecule has 0 aromatic carbocycles. The van der Waals surface area contributed by atoms with Crippen molar-refractivity contribution >= 4 is 46.7 Å². The van der Waals surface area contributed by atoms with Gasteiger partial charge in [0.25, 0.3) is 5.91 Å². The van der Waals surface area contributed by atoms with Crippen LogP contribution in [0.4, 0.5) is 0 Å². The van der Waals surface area contributed by atoms with Crippen LogP contribution in [-0.2, 0) is 14.3 Å². The summed E-state index contributed by atoms with van der Waals surface area (Å²) in [6.07, 6.45) is 4.29. The maximum atomic E-state index is 12.9. The van der Waals surface area contributed by atoms with Gasteiger partial charge in [0.15, 0.2) is 0 Å². The number of fused-ring (bicyclic) bond motifs is 2. The van der Waals surface area contributed by atoms with Crippen LogP contribution >= 0.6 is 34.8 Å². The van der Waals surface area contributed by atoms with Crippen LogP contribution in [0.15, 0.2) is 34.4 Å². The molecule has 0 atom stereocenters. The monoisotopic (exact) mass is 390 g/mol. The fourth-order valence-corrected chi connectivity index (χ4v) is 3.22. The van der Waals surface area contributed by atoms with Crippen molar-refractivity contribution < 1.29 is 14.3 Å². The normalized spacial score (nSPS) is 21.1. The van der Waals surface area contributed by atoms with Crippen LogP contribution in [0, 0.1) is 0 Å². The Hall–Kier alpha value is -1.01. The lowest BCUT2D eigenvalue weighted by molar-refractivity contribution is -0.139. The Morgan fingerprint density at radius 2 is 1.67 bits per heavy atom. The summed E-state index contributed by atoms with van der Waals surface area (Å²) in [4.78, 5) is 29.3. The van der Waals surface area contributed by atoms with E-state index in [-0.39, 0.29) is 12.5 Å². The largest absolute Gasteiger partial charge is 0.458 e. The van der Waals surface area contributed by atoms with Crippen LogP contribution in [0.5, 0.6) is 0 Å². The van der Waals surface area contributed by atoms with Gasteiger partial charge in [0.1, 0.15) is 6.61 Å². The van der Waals surface area contributed by atoms with Gasteiger partial charge in [-0.25, -0.2) is 4.79 Å². The highest BCUT2D eigenvalue weighted by atomic mass is 35.6. The summed E-state index contributed by atoms with van der Waals surface area (Å²) >= 11 is 16.9. The first-order valence-electron chi connectivity index (χ1n) is 7.63. The highest BCUT2D eigenvalue weighted by molar-refractivity contribution is 6.67. The zero-order valence-corrected chi connectivity index (χ0v) is 15.4. The molecule has 3 rings (SSSR count). The van der Waals surface area contributed by atoms with Crippen molar-refractivity contribution in [2.75, 3.05) is 39.8 Å². The van der Waals surface area contributed by atoms with Gasteiger partial charge in [-0.05, 0) is 24.6 Å². The number of halogens is 3. The van der Waals surface area contributed by atoms with E-state index in [1.54, 1.807) is 4.90 Å². The highest BCUT2D eigenvalue weighted by Gasteiger charge is 2.38. The number of rotatable bonds is 3. The number of nitrogens with zero attached hydrogens (tertiary/aromatic N) is 2. The van der Waals surface area contributed by atoms with E-state index in [1.165, 1.54) is 0 Å². The van der Waals surface area contributed by atoms with E-state index in [2.05, 4.69) is 4.90 Å². The molecule has 0 unspecified atom stereocenters. The molecule has 1 heterocycles. The molecule has 2 bridgehead atoms. The Morgan fingerprint density at radius 1 is 1.08 bits per heavy atom. The minimum absolute atomic E-state index is 0.127. The van der Waals surface area contributed by atoms with Gasteiger partial charge in [0, 0.05) is 26.2 Å². The molecule has 24 heavy (non-hydrogen) atoms. The van der Waals surface area contributed by atoms with Crippen molar-refractivity contribution in [3.05, 3.63) is 34.4 Å². The lowest BCUT2D eigenvalue weighted by Gasteiger charge is -2.33. The summed E-state index contributed by atoms with van der Waals surface area (Å²) in [6, 6.07) is 0. The van der Waals surface area contributed by atoms with Crippen LogP contribution in [0.2, 0.25) is 0 Å². The van der Waals surface area contributed by atoms with Gasteiger partial charge in [-0.2, -0.15) is 0 Å². The number of alkyl halides is 3. The van der Waals surface area contributed by atoms with Crippen LogP contribution in [0.3, 0.4) is 0 Å². The zero-order valence-electron chi connectivity index (χ0n) is 13.2. The van der Waals surface area contributed by atoms with E-state index < -0.39 is 9.76 Å². The Balaban J connectivity index is 1.77. The predicted molar refractivity (Wildman–Crippen MR) is 93.1 cm³/mol. The van der Waals surface area contributed by atoms with E-state index in [0.29, 0.717) is 30.7 Å². The lowest BCUT2D eigenvalue weighted by Crippen LogP contribution is -2.48. The second-order valence-electron chi connectivity index (χ2n) is 6.10. The third kappa shape index (κ3) is 3.64. The molecule has 0 N–H and O–H groups in total. The molecule has 1 amide bonds. The summed E-state index contributed by atoms with van der Waals surface area (Å²) in [5.74, 6) is -0.744. The van der Waals surface area contributed by atoms with Gasteiger partial charge in [0.2, 0.25) is 3.79 Å². The topological polar surface area (TPSA) is 49.9 Å². The van der Waals surface area contributed by atoms with E-state index in [4.69, 9.17) is 39.5 Å². The number of esters is 1. The van der Waals surface area contributed by atoms with Gasteiger partial charge in [0.05, 0.1) is 11.1 Å². The molecule has 1 aliphatic heterocycles. The summed E-state index contributed by atoms with van der Waals surface area (Å²) in [6.45, 7) is 2.55. The molecule has 3 aliphatic rings. The summed E-state index contributed by atoms with van der Waals surface area (Å²) in [5, 5.41) is 0. The molecular formula is C16H17Cl3N2O3. The average Bonchev–Trinajstić information content (AvgIpc) is 3.13. The second kappa shape index (κ2) is 6.71. The Morgan fingerprint density at radius 3 is 2.25 bits per heavy atom. The molecule has 0 radical (unpaired) electrons. The SMILES string of the molecule is CN1CCN(C(=O)C2=C3C=CC(=C2C(=O)OCC(Cl)(Cl)Cl)C3)CC1. The number of likely N-dealkylation sites (N-methyl/N-ethyl adjacent to an activating group) is 1. The number of hydrogen-bond acceptors (Lipinski definition) is 4. The molecule has 130 valence electrons. The fourth-order valence-electron chi connectivity index (χ4n) is 3.05. The van der Waals surface area contributed by atoms with Crippen molar-refractivity contribution in [2.24, 2.45) is 0 Å². The minimum Gasteiger partial charge on any atom is -0.458 e. The first kappa shape index (κ1) is 17.8. The maximum absolute atomic E-state index is 12.9. The molecule has 2 aliphatic carbocycles. The zero-order chi connectivity index (χ0) is 17.5. The quantitative estimate of drug-likeness (QED) is 0.547. The van der Waals surface area contributed by atoms with Crippen LogP contribution < -0.4 is 0 Å². The van der Waals surface area contributed by atoms with E-state index in [9.17, 15) is 9.59 Å². The molecule has 0 spiro atoms. The average molecular weight is 392 g/mol. The second-order valence-corrected chi connectivity index (χ2v) is 8.61. The molecule has 0 aromatic rings. The van der Waals surface area contributed by atoms with Crippen molar-refractivity contribution in [1.29, 1.82) is 0 Å². The van der Waals surface area contributed by atoms with Gasteiger partial charge >= 0.3 is 5.97 Å². The van der Waals surface area contributed by atoms with Crippen LogP contribution in [0.1, 0.15) is 6.42 Å². The van der Waals surface area contributed by atoms with E-state index in [0.717, 1.165) is 24.2 Å². The van der Waals surface area contributed by atoms with Gasteiger partial charge in [-0.3, -0.25) is 4.79 Å². The summed E-state index contributed by atoms with van der Waals surface area (Å²) in [7, 11) is 2.02. The predicted octanol–water partition coefficient (Wildman–Crippen LogP) is 2.24. The molecule has 0 aromatic heterocycles.